The number of benzene rings is 3. The number of anilines is 2. The molecule has 2 nitrogen and oxygen atoms in total. The van der Waals surface area contributed by atoms with Crippen LogP contribution in [-0.4, -0.2) is 0 Å². The van der Waals surface area contributed by atoms with Gasteiger partial charge in [-0.25, -0.2) is 0 Å². The largest absolute Gasteiger partial charge is 0.454 e. The number of para-hydroxylation sites is 3. The van der Waals surface area contributed by atoms with Gasteiger partial charge in [0.15, 0.2) is 5.58 Å². The van der Waals surface area contributed by atoms with Crippen LogP contribution in [0.4, 0.5) is 11.4 Å². The number of nitrogens with one attached hydrogen (secondary N) is 1. The average molecular weight is 338 g/mol. The van der Waals surface area contributed by atoms with Crippen molar-refractivity contribution in [2.45, 2.75) is 0 Å². The summed E-state index contributed by atoms with van der Waals surface area (Å²) in [6.45, 7) is 0. The molecular weight excluding hydrogens is 326 g/mol. The molecule has 0 aliphatic heterocycles. The summed E-state index contributed by atoms with van der Waals surface area (Å²) < 4.78 is 7.04. The molecule has 4 aromatic rings. The van der Waals surface area contributed by atoms with Crippen LogP contribution in [0.25, 0.3) is 21.9 Å². The third-order valence-electron chi connectivity index (χ3n) is 3.55. The van der Waals surface area contributed by atoms with Crippen LogP contribution in [0, 0.1) is 0 Å². The Morgan fingerprint density at radius 1 is 0.714 bits per heavy atom. The number of halogens is 1. The molecule has 0 amide bonds. The van der Waals surface area contributed by atoms with Crippen molar-refractivity contribution in [2.24, 2.45) is 0 Å². The van der Waals surface area contributed by atoms with Crippen LogP contribution in [0.3, 0.4) is 0 Å². The Hall–Kier alpha value is -2.26. The molecule has 3 aromatic carbocycles. The van der Waals surface area contributed by atoms with Gasteiger partial charge in [-0.05, 0) is 40.2 Å². The normalized spacial score (nSPS) is 11.1. The van der Waals surface area contributed by atoms with E-state index in [0.717, 1.165) is 37.8 Å². The third kappa shape index (κ3) is 2.10. The molecule has 0 aliphatic rings. The van der Waals surface area contributed by atoms with Gasteiger partial charge in [-0.3, -0.25) is 0 Å². The highest BCUT2D eigenvalue weighted by Gasteiger charge is 2.10. The maximum atomic E-state index is 6.02. The molecule has 0 saturated carbocycles. The van der Waals surface area contributed by atoms with Crippen molar-refractivity contribution in [2.75, 3.05) is 5.32 Å². The summed E-state index contributed by atoms with van der Waals surface area (Å²) in [7, 11) is 0. The molecule has 21 heavy (non-hydrogen) atoms. The first kappa shape index (κ1) is 12.5. The summed E-state index contributed by atoms with van der Waals surface area (Å²) in [5.41, 5.74) is 3.78. The minimum absolute atomic E-state index is 0.884. The van der Waals surface area contributed by atoms with Crippen LogP contribution in [0.5, 0.6) is 0 Å². The van der Waals surface area contributed by atoms with Crippen LogP contribution in [0.1, 0.15) is 0 Å². The second-order valence-electron chi connectivity index (χ2n) is 4.89. The smallest absolute Gasteiger partial charge is 0.158 e. The molecule has 1 heterocycles. The molecule has 0 saturated heterocycles. The fraction of sp³-hybridized carbons (Fsp3) is 0. The van der Waals surface area contributed by atoms with E-state index in [2.05, 4.69) is 33.4 Å². The third-order valence-corrected chi connectivity index (χ3v) is 4.24. The monoisotopic (exact) mass is 337 g/mol. The molecule has 0 bridgehead atoms. The van der Waals surface area contributed by atoms with Crippen molar-refractivity contribution >= 4 is 49.2 Å². The zero-order chi connectivity index (χ0) is 14.2. The Morgan fingerprint density at radius 3 is 2.33 bits per heavy atom. The van der Waals surface area contributed by atoms with Crippen LogP contribution in [0.15, 0.2) is 75.6 Å². The Morgan fingerprint density at radius 2 is 1.43 bits per heavy atom. The standard InChI is InChI=1S/C18H12BrNO/c19-14-8-2-3-9-15(14)20-16-10-5-7-13-12-6-1-4-11-17(12)21-18(13)16/h1-11,20H. The highest BCUT2D eigenvalue weighted by Crippen LogP contribution is 2.35. The SMILES string of the molecule is Brc1ccccc1Nc1cccc2c1oc1ccccc12. The average Bonchev–Trinajstić information content (AvgIpc) is 2.89. The van der Waals surface area contributed by atoms with E-state index >= 15 is 0 Å². The van der Waals surface area contributed by atoms with Gasteiger partial charge in [0.25, 0.3) is 0 Å². The fourth-order valence-electron chi connectivity index (χ4n) is 2.55. The fourth-order valence-corrected chi connectivity index (χ4v) is 2.94. The Bertz CT molecular complexity index is 942. The van der Waals surface area contributed by atoms with Crippen molar-refractivity contribution < 1.29 is 4.42 Å². The second kappa shape index (κ2) is 4.93. The maximum absolute atomic E-state index is 6.02. The van der Waals surface area contributed by atoms with Crippen LogP contribution in [0.2, 0.25) is 0 Å². The van der Waals surface area contributed by atoms with Crippen LogP contribution >= 0.6 is 15.9 Å². The molecule has 1 N–H and O–H groups in total. The number of hydrogen-bond acceptors (Lipinski definition) is 2. The van der Waals surface area contributed by atoms with Gasteiger partial charge in [-0.2, -0.15) is 0 Å². The number of fused-ring (bicyclic) bond motifs is 3. The molecule has 4 rings (SSSR count). The first-order chi connectivity index (χ1) is 10.3. The van der Waals surface area contributed by atoms with Crippen LogP contribution < -0.4 is 5.32 Å². The van der Waals surface area contributed by atoms with Gasteiger partial charge in [0.2, 0.25) is 0 Å². The van der Waals surface area contributed by atoms with Crippen LogP contribution in [-0.2, 0) is 0 Å². The number of hydrogen-bond donors (Lipinski definition) is 1. The molecule has 0 aliphatic carbocycles. The van der Waals surface area contributed by atoms with E-state index in [1.165, 1.54) is 0 Å². The predicted octanol–water partition coefficient (Wildman–Crippen LogP) is 6.09. The summed E-state index contributed by atoms with van der Waals surface area (Å²) >= 11 is 3.56. The number of furan rings is 1. The van der Waals surface area contributed by atoms with Gasteiger partial charge in [0.05, 0.1) is 11.4 Å². The molecular formula is C18H12BrNO. The quantitative estimate of drug-likeness (QED) is 0.478. The zero-order valence-electron chi connectivity index (χ0n) is 11.1. The molecule has 102 valence electrons. The Balaban J connectivity index is 1.91. The van der Waals surface area contributed by atoms with E-state index in [0.29, 0.717) is 0 Å². The minimum atomic E-state index is 0.884. The summed E-state index contributed by atoms with van der Waals surface area (Å²) in [6, 6.07) is 22.3. The Labute approximate surface area is 130 Å². The topological polar surface area (TPSA) is 25.2 Å². The lowest BCUT2D eigenvalue weighted by Gasteiger charge is -2.08. The Kier molecular flexibility index (Phi) is 2.93. The highest BCUT2D eigenvalue weighted by atomic mass is 79.9. The van der Waals surface area contributed by atoms with Crippen molar-refractivity contribution in [3.63, 3.8) is 0 Å². The van der Waals surface area contributed by atoms with Crippen molar-refractivity contribution in [1.29, 1.82) is 0 Å². The minimum Gasteiger partial charge on any atom is -0.454 e. The summed E-state index contributed by atoms with van der Waals surface area (Å²) in [5, 5.41) is 5.70. The summed E-state index contributed by atoms with van der Waals surface area (Å²) in [5.74, 6) is 0. The van der Waals surface area contributed by atoms with Gasteiger partial charge >= 0.3 is 0 Å². The number of rotatable bonds is 2. The van der Waals surface area contributed by atoms with Crippen molar-refractivity contribution in [3.05, 3.63) is 71.2 Å². The van der Waals surface area contributed by atoms with Gasteiger partial charge in [-0.15, -0.1) is 0 Å². The van der Waals surface area contributed by atoms with E-state index in [1.807, 2.05) is 54.6 Å². The van der Waals surface area contributed by atoms with Gasteiger partial charge in [0, 0.05) is 15.2 Å². The summed E-state index contributed by atoms with van der Waals surface area (Å²) in [4.78, 5) is 0. The molecule has 0 atom stereocenters. The van der Waals surface area contributed by atoms with E-state index in [1.54, 1.807) is 0 Å². The zero-order valence-corrected chi connectivity index (χ0v) is 12.7. The summed E-state index contributed by atoms with van der Waals surface area (Å²) in [6.07, 6.45) is 0. The second-order valence-corrected chi connectivity index (χ2v) is 5.74. The van der Waals surface area contributed by atoms with Gasteiger partial charge in [-0.1, -0.05) is 42.5 Å². The predicted molar refractivity (Wildman–Crippen MR) is 91.1 cm³/mol. The van der Waals surface area contributed by atoms with Gasteiger partial charge < -0.3 is 9.73 Å². The lowest BCUT2D eigenvalue weighted by molar-refractivity contribution is 0.670. The first-order valence-corrected chi connectivity index (χ1v) is 7.54. The van der Waals surface area contributed by atoms with E-state index in [4.69, 9.17) is 4.42 Å². The van der Waals surface area contributed by atoms with Gasteiger partial charge in [0.1, 0.15) is 5.58 Å². The maximum Gasteiger partial charge on any atom is 0.158 e. The van der Waals surface area contributed by atoms with Crippen molar-refractivity contribution in [1.82, 2.24) is 0 Å². The molecule has 0 unspecified atom stereocenters. The van der Waals surface area contributed by atoms with E-state index in [9.17, 15) is 0 Å². The molecule has 0 fully saturated rings. The lowest BCUT2D eigenvalue weighted by atomic mass is 10.1. The molecule has 3 heteroatoms. The molecule has 0 spiro atoms. The molecule has 0 radical (unpaired) electrons. The molecule has 1 aromatic heterocycles. The van der Waals surface area contributed by atoms with Crippen molar-refractivity contribution in [3.8, 4) is 0 Å². The van der Waals surface area contributed by atoms with E-state index in [-0.39, 0.29) is 0 Å². The lowest BCUT2D eigenvalue weighted by Crippen LogP contribution is -1.91. The highest BCUT2D eigenvalue weighted by molar-refractivity contribution is 9.10. The first-order valence-electron chi connectivity index (χ1n) is 6.75. The van der Waals surface area contributed by atoms with E-state index < -0.39 is 0 Å².